The molecule has 0 saturated heterocycles. The van der Waals surface area contributed by atoms with E-state index >= 15 is 0 Å². The average molecular weight is 408 g/mol. The van der Waals surface area contributed by atoms with Crippen molar-refractivity contribution in [1.82, 2.24) is 0 Å². The van der Waals surface area contributed by atoms with Crippen molar-refractivity contribution in [2.75, 3.05) is 0 Å². The second-order valence-corrected chi connectivity index (χ2v) is 10.9. The third-order valence-corrected chi connectivity index (χ3v) is 6.63. The molecule has 0 N–H and O–H groups in total. The molecule has 0 fully saturated rings. The lowest BCUT2D eigenvalue weighted by molar-refractivity contribution is 0.566. The molecule has 0 spiro atoms. The maximum atomic E-state index is 5.42. The second kappa shape index (κ2) is 6.85. The van der Waals surface area contributed by atoms with Crippen LogP contribution < -0.4 is 0 Å². The van der Waals surface area contributed by atoms with Crippen molar-refractivity contribution in [2.45, 2.75) is 58.8 Å². The molecule has 0 unspecified atom stereocenters. The molecule has 1 radical (unpaired) electrons. The van der Waals surface area contributed by atoms with Crippen LogP contribution in [0.4, 0.5) is 0 Å². The molecule has 1 aromatic heterocycles. The Hall–Kier alpha value is -2.80. The monoisotopic (exact) mass is 407 g/mol. The largest absolute Gasteiger partial charge is 0.472 e. The normalized spacial score (nSPS) is 15.5. The number of furan rings is 1. The van der Waals surface area contributed by atoms with E-state index in [1.54, 1.807) is 6.26 Å². The fourth-order valence-electron chi connectivity index (χ4n) is 4.93. The van der Waals surface area contributed by atoms with E-state index in [2.05, 4.69) is 96.5 Å². The van der Waals surface area contributed by atoms with Gasteiger partial charge in [0, 0.05) is 12.0 Å². The molecule has 2 aliphatic rings. The van der Waals surface area contributed by atoms with Crippen LogP contribution in [0.1, 0.15) is 81.3 Å². The van der Waals surface area contributed by atoms with E-state index in [1.165, 1.54) is 50.1 Å². The van der Waals surface area contributed by atoms with Crippen molar-refractivity contribution in [3.63, 3.8) is 0 Å². The van der Waals surface area contributed by atoms with Crippen LogP contribution in [0.25, 0.3) is 22.3 Å². The highest BCUT2D eigenvalue weighted by molar-refractivity contribution is 6.02. The highest BCUT2D eigenvalue weighted by Crippen LogP contribution is 2.49. The Labute approximate surface area is 186 Å². The van der Waals surface area contributed by atoms with Gasteiger partial charge in [0.15, 0.2) is 0 Å². The molecule has 0 bridgehead atoms. The number of hydrogen-bond acceptors (Lipinski definition) is 1. The van der Waals surface area contributed by atoms with Gasteiger partial charge in [-0.1, -0.05) is 84.0 Å². The average Bonchev–Trinajstić information content (AvgIpc) is 3.43. The third-order valence-electron chi connectivity index (χ3n) is 6.63. The molecular formula is C30H31O. The lowest BCUT2D eigenvalue weighted by Crippen LogP contribution is -2.15. The minimum Gasteiger partial charge on any atom is -0.472 e. The second-order valence-electron chi connectivity index (χ2n) is 10.9. The summed E-state index contributed by atoms with van der Waals surface area (Å²) >= 11 is 0. The molecule has 0 amide bonds. The maximum absolute atomic E-state index is 5.42. The molecular weight excluding hydrogens is 376 g/mol. The Bertz CT molecular complexity index is 1220. The lowest BCUT2D eigenvalue weighted by atomic mass is 9.77. The molecule has 2 aliphatic carbocycles. The van der Waals surface area contributed by atoms with Gasteiger partial charge in [0.2, 0.25) is 0 Å². The Morgan fingerprint density at radius 2 is 1.61 bits per heavy atom. The topological polar surface area (TPSA) is 13.1 Å². The van der Waals surface area contributed by atoms with Crippen LogP contribution in [0.3, 0.4) is 0 Å². The zero-order valence-corrected chi connectivity index (χ0v) is 19.5. The summed E-state index contributed by atoms with van der Waals surface area (Å²) in [7, 11) is 0. The van der Waals surface area contributed by atoms with E-state index in [-0.39, 0.29) is 10.8 Å². The number of benzene rings is 2. The van der Waals surface area contributed by atoms with Gasteiger partial charge in [-0.25, -0.2) is 0 Å². The molecule has 0 saturated carbocycles. The number of fused-ring (bicyclic) bond motifs is 3. The Morgan fingerprint density at radius 1 is 0.839 bits per heavy atom. The Balaban J connectivity index is 1.74. The zero-order chi connectivity index (χ0) is 22.0. The van der Waals surface area contributed by atoms with E-state index < -0.39 is 0 Å². The SMILES string of the molecule is CC(C)(C)c1ccc2c(c1)[CH]c1c-2ccc(C(C)(C)C)c1C1=C(c2ccoc2)C=CC1. The van der Waals surface area contributed by atoms with Crippen LogP contribution in [-0.4, -0.2) is 0 Å². The first-order valence-electron chi connectivity index (χ1n) is 11.2. The fraction of sp³-hybridized carbons (Fsp3) is 0.300. The molecule has 31 heavy (non-hydrogen) atoms. The van der Waals surface area contributed by atoms with Crippen LogP contribution in [0.5, 0.6) is 0 Å². The first-order valence-corrected chi connectivity index (χ1v) is 11.2. The smallest absolute Gasteiger partial charge is 0.0981 e. The highest BCUT2D eigenvalue weighted by Gasteiger charge is 2.31. The van der Waals surface area contributed by atoms with E-state index in [0.717, 1.165) is 12.0 Å². The summed E-state index contributed by atoms with van der Waals surface area (Å²) in [4.78, 5) is 0. The maximum Gasteiger partial charge on any atom is 0.0981 e. The van der Waals surface area contributed by atoms with Crippen molar-refractivity contribution in [2.24, 2.45) is 0 Å². The molecule has 5 rings (SSSR count). The summed E-state index contributed by atoms with van der Waals surface area (Å²) in [5.74, 6) is 0. The van der Waals surface area contributed by atoms with Gasteiger partial charge in [0.1, 0.15) is 0 Å². The minimum atomic E-state index is 0.0562. The van der Waals surface area contributed by atoms with Crippen molar-refractivity contribution in [3.8, 4) is 11.1 Å². The van der Waals surface area contributed by atoms with Crippen LogP contribution in [0, 0.1) is 6.42 Å². The fourth-order valence-corrected chi connectivity index (χ4v) is 4.93. The van der Waals surface area contributed by atoms with E-state index in [4.69, 9.17) is 4.42 Å². The minimum absolute atomic E-state index is 0.0562. The molecule has 1 heteroatoms. The van der Waals surface area contributed by atoms with Crippen molar-refractivity contribution in [1.29, 1.82) is 0 Å². The summed E-state index contributed by atoms with van der Waals surface area (Å²) in [6, 6.07) is 13.8. The van der Waals surface area contributed by atoms with E-state index in [1.807, 2.05) is 6.26 Å². The summed E-state index contributed by atoms with van der Waals surface area (Å²) in [6.45, 7) is 13.8. The third kappa shape index (κ3) is 3.31. The first kappa shape index (κ1) is 20.1. The van der Waals surface area contributed by atoms with Gasteiger partial charge in [-0.15, -0.1) is 0 Å². The predicted octanol–water partition coefficient (Wildman–Crippen LogP) is 8.33. The molecule has 1 heterocycles. The van der Waals surface area contributed by atoms with E-state index in [9.17, 15) is 0 Å². The number of hydrogen-bond donors (Lipinski definition) is 0. The standard InChI is InChI=1S/C30H31O/c1-29(2,3)21-10-11-23-20(16-21)17-26-24(23)12-13-27(30(4,5)6)28(26)25-9-7-8-22(25)19-14-15-31-18-19/h7-8,10-18H,9H2,1-6H3. The van der Waals surface area contributed by atoms with Crippen LogP contribution in [-0.2, 0) is 10.8 Å². The summed E-state index contributed by atoms with van der Waals surface area (Å²) in [5.41, 5.74) is 13.6. The van der Waals surface area contributed by atoms with Crippen molar-refractivity contribution in [3.05, 3.63) is 101 Å². The summed E-state index contributed by atoms with van der Waals surface area (Å²) < 4.78 is 5.42. The highest BCUT2D eigenvalue weighted by atomic mass is 16.3. The van der Waals surface area contributed by atoms with Crippen LogP contribution in [0.2, 0.25) is 0 Å². The quantitative estimate of drug-likeness (QED) is 0.325. The van der Waals surface area contributed by atoms with Gasteiger partial charge in [0.05, 0.1) is 12.5 Å². The molecule has 3 aromatic rings. The van der Waals surface area contributed by atoms with Gasteiger partial charge in [0.25, 0.3) is 0 Å². The first-order chi connectivity index (χ1) is 14.6. The zero-order valence-electron chi connectivity index (χ0n) is 19.5. The van der Waals surface area contributed by atoms with Crippen LogP contribution in [0.15, 0.2) is 65.5 Å². The lowest BCUT2D eigenvalue weighted by Gasteiger charge is -2.27. The van der Waals surface area contributed by atoms with Gasteiger partial charge in [-0.2, -0.15) is 0 Å². The predicted molar refractivity (Wildman–Crippen MR) is 131 cm³/mol. The summed E-state index contributed by atoms with van der Waals surface area (Å²) in [5, 5.41) is 0. The van der Waals surface area contributed by atoms with Crippen molar-refractivity contribution >= 4 is 11.1 Å². The van der Waals surface area contributed by atoms with Gasteiger partial charge in [-0.3, -0.25) is 0 Å². The molecule has 0 aliphatic heterocycles. The van der Waals surface area contributed by atoms with Gasteiger partial charge < -0.3 is 4.42 Å². The van der Waals surface area contributed by atoms with Gasteiger partial charge >= 0.3 is 0 Å². The summed E-state index contributed by atoms with van der Waals surface area (Å²) in [6.07, 6.45) is 11.5. The number of rotatable bonds is 2. The number of allylic oxidation sites excluding steroid dienone is 4. The Morgan fingerprint density at radius 3 is 2.29 bits per heavy atom. The molecule has 0 atom stereocenters. The van der Waals surface area contributed by atoms with Gasteiger partial charge in [-0.05, 0) is 73.4 Å². The van der Waals surface area contributed by atoms with E-state index in [0.29, 0.717) is 0 Å². The Kier molecular flexibility index (Phi) is 4.45. The molecule has 1 nitrogen and oxygen atoms in total. The molecule has 157 valence electrons. The van der Waals surface area contributed by atoms with Crippen LogP contribution >= 0.6 is 0 Å². The molecule has 2 aromatic carbocycles. The van der Waals surface area contributed by atoms with Crippen molar-refractivity contribution < 1.29 is 4.42 Å².